The smallest absolute Gasteiger partial charge is 0.200 e. The summed E-state index contributed by atoms with van der Waals surface area (Å²) in [6.45, 7) is 0.368. The number of fused-ring (bicyclic) bond motifs is 1. The Labute approximate surface area is 170 Å². The standard InChI is InChI=1S/C22H26O7/c1-25-7-5-6-13-8-15-16(12-23)21(29-22(15)19(9-13)28-4)14-10-17(26-2)20(24)18(11-14)27-3/h5-6,8-11,16,21,23-24H,7,12H2,1-4H3/b6-5+/t16-,21+/m1/s1. The molecule has 156 valence electrons. The molecule has 7 heteroatoms. The van der Waals surface area contributed by atoms with Crippen LogP contribution in [0.3, 0.4) is 0 Å². The predicted molar refractivity (Wildman–Crippen MR) is 108 cm³/mol. The van der Waals surface area contributed by atoms with Gasteiger partial charge in [-0.25, -0.2) is 0 Å². The molecule has 0 saturated heterocycles. The molecule has 2 N–H and O–H groups in total. The van der Waals surface area contributed by atoms with Crippen molar-refractivity contribution in [2.75, 3.05) is 41.7 Å². The summed E-state index contributed by atoms with van der Waals surface area (Å²) in [7, 11) is 6.14. The van der Waals surface area contributed by atoms with Gasteiger partial charge in [0.05, 0.1) is 40.5 Å². The van der Waals surface area contributed by atoms with Gasteiger partial charge in [-0.2, -0.15) is 0 Å². The number of phenolic OH excluding ortho intramolecular Hbond substituents is 1. The number of benzene rings is 2. The lowest BCUT2D eigenvalue weighted by atomic mass is 9.90. The van der Waals surface area contributed by atoms with Crippen molar-refractivity contribution in [1.29, 1.82) is 0 Å². The molecule has 0 bridgehead atoms. The maximum absolute atomic E-state index is 10.2. The van der Waals surface area contributed by atoms with E-state index in [9.17, 15) is 10.2 Å². The topological polar surface area (TPSA) is 86.6 Å². The zero-order chi connectivity index (χ0) is 21.0. The van der Waals surface area contributed by atoms with Crippen LogP contribution < -0.4 is 18.9 Å². The minimum absolute atomic E-state index is 0.0852. The molecule has 29 heavy (non-hydrogen) atoms. The number of aromatic hydroxyl groups is 1. The van der Waals surface area contributed by atoms with Crippen LogP contribution in [-0.2, 0) is 4.74 Å². The molecule has 0 amide bonds. The van der Waals surface area contributed by atoms with Gasteiger partial charge in [-0.05, 0) is 29.8 Å². The monoisotopic (exact) mass is 402 g/mol. The lowest BCUT2D eigenvalue weighted by Gasteiger charge is -2.20. The van der Waals surface area contributed by atoms with E-state index in [2.05, 4.69) is 0 Å². The molecule has 0 aromatic heterocycles. The van der Waals surface area contributed by atoms with E-state index in [0.717, 1.165) is 11.1 Å². The summed E-state index contributed by atoms with van der Waals surface area (Å²) in [4.78, 5) is 0. The number of rotatable bonds is 8. The quantitative estimate of drug-likeness (QED) is 0.701. The summed E-state index contributed by atoms with van der Waals surface area (Å²) in [5.41, 5.74) is 2.48. The first-order valence-electron chi connectivity index (χ1n) is 9.17. The first kappa shape index (κ1) is 20.8. The van der Waals surface area contributed by atoms with Gasteiger partial charge in [0.25, 0.3) is 0 Å². The fourth-order valence-corrected chi connectivity index (χ4v) is 3.52. The molecule has 1 aliphatic rings. The van der Waals surface area contributed by atoms with Gasteiger partial charge in [0.1, 0.15) is 6.10 Å². The lowest BCUT2D eigenvalue weighted by molar-refractivity contribution is 0.156. The van der Waals surface area contributed by atoms with Gasteiger partial charge < -0.3 is 33.9 Å². The number of hydrogen-bond donors (Lipinski definition) is 2. The average Bonchev–Trinajstić information content (AvgIpc) is 3.12. The van der Waals surface area contributed by atoms with Gasteiger partial charge in [-0.3, -0.25) is 0 Å². The second kappa shape index (κ2) is 9.07. The third-order valence-electron chi connectivity index (χ3n) is 4.94. The minimum atomic E-state index is -0.495. The highest BCUT2D eigenvalue weighted by atomic mass is 16.5. The third kappa shape index (κ3) is 3.97. The number of ether oxygens (including phenoxy) is 5. The number of phenols is 1. The van der Waals surface area contributed by atoms with Crippen molar-refractivity contribution in [3.63, 3.8) is 0 Å². The van der Waals surface area contributed by atoms with Crippen molar-refractivity contribution >= 4 is 6.08 Å². The molecule has 0 fully saturated rings. The van der Waals surface area contributed by atoms with Crippen LogP contribution in [0.15, 0.2) is 30.3 Å². The van der Waals surface area contributed by atoms with Crippen LogP contribution in [0.5, 0.6) is 28.7 Å². The summed E-state index contributed by atoms with van der Waals surface area (Å²) in [6.07, 6.45) is 3.34. The van der Waals surface area contributed by atoms with Gasteiger partial charge >= 0.3 is 0 Å². The van der Waals surface area contributed by atoms with Crippen LogP contribution in [-0.4, -0.2) is 51.9 Å². The number of aliphatic hydroxyl groups is 1. The van der Waals surface area contributed by atoms with Gasteiger partial charge in [0.2, 0.25) is 5.75 Å². The van der Waals surface area contributed by atoms with Crippen molar-refractivity contribution in [2.24, 2.45) is 0 Å². The van der Waals surface area contributed by atoms with Crippen molar-refractivity contribution in [1.82, 2.24) is 0 Å². The second-order valence-electron chi connectivity index (χ2n) is 6.60. The maximum Gasteiger partial charge on any atom is 0.200 e. The SMILES string of the molecule is COC/C=C/c1cc(OC)c2c(c1)[C@@H](CO)[C@H](c1cc(OC)c(O)c(OC)c1)O2. The Kier molecular flexibility index (Phi) is 6.51. The van der Waals surface area contributed by atoms with Crippen LogP contribution in [0.25, 0.3) is 6.08 Å². The second-order valence-corrected chi connectivity index (χ2v) is 6.60. The molecule has 0 spiro atoms. The van der Waals surface area contributed by atoms with E-state index in [-0.39, 0.29) is 29.8 Å². The molecule has 3 rings (SSSR count). The molecule has 0 unspecified atom stereocenters. The fourth-order valence-electron chi connectivity index (χ4n) is 3.52. The summed E-state index contributed by atoms with van der Waals surface area (Å²) in [5.74, 6) is 1.30. The summed E-state index contributed by atoms with van der Waals surface area (Å²) >= 11 is 0. The summed E-state index contributed by atoms with van der Waals surface area (Å²) < 4.78 is 27.3. The van der Waals surface area contributed by atoms with Crippen molar-refractivity contribution in [3.8, 4) is 28.7 Å². The molecular weight excluding hydrogens is 376 g/mol. The van der Waals surface area contributed by atoms with E-state index < -0.39 is 6.10 Å². The lowest BCUT2D eigenvalue weighted by Crippen LogP contribution is -2.13. The van der Waals surface area contributed by atoms with Crippen molar-refractivity contribution in [3.05, 3.63) is 47.0 Å². The molecule has 7 nitrogen and oxygen atoms in total. The van der Waals surface area contributed by atoms with Crippen LogP contribution in [0, 0.1) is 0 Å². The van der Waals surface area contributed by atoms with E-state index in [4.69, 9.17) is 23.7 Å². The normalized spacial score (nSPS) is 17.8. The Morgan fingerprint density at radius 2 is 1.62 bits per heavy atom. The van der Waals surface area contributed by atoms with E-state index in [1.165, 1.54) is 14.2 Å². The molecular formula is C22H26O7. The molecule has 2 aromatic rings. The van der Waals surface area contributed by atoms with E-state index >= 15 is 0 Å². The zero-order valence-corrected chi connectivity index (χ0v) is 17.0. The Morgan fingerprint density at radius 1 is 0.966 bits per heavy atom. The largest absolute Gasteiger partial charge is 0.502 e. The zero-order valence-electron chi connectivity index (χ0n) is 17.0. The number of aliphatic hydroxyl groups excluding tert-OH is 1. The Morgan fingerprint density at radius 3 is 2.17 bits per heavy atom. The predicted octanol–water partition coefficient (Wildman–Crippen LogP) is 3.29. The Balaban J connectivity index is 2.05. The van der Waals surface area contributed by atoms with Crippen molar-refractivity contribution < 1.29 is 33.9 Å². The summed E-state index contributed by atoms with van der Waals surface area (Å²) in [5, 5.41) is 20.3. The first-order chi connectivity index (χ1) is 14.1. The summed E-state index contributed by atoms with van der Waals surface area (Å²) in [6, 6.07) is 7.21. The molecule has 1 aliphatic heterocycles. The van der Waals surface area contributed by atoms with Crippen LogP contribution in [0.2, 0.25) is 0 Å². The van der Waals surface area contributed by atoms with Crippen LogP contribution in [0.1, 0.15) is 28.7 Å². The molecule has 0 saturated carbocycles. The van der Waals surface area contributed by atoms with Gasteiger partial charge in [-0.1, -0.05) is 12.2 Å². The van der Waals surface area contributed by atoms with Gasteiger partial charge in [0, 0.05) is 18.2 Å². The highest BCUT2D eigenvalue weighted by Gasteiger charge is 2.38. The van der Waals surface area contributed by atoms with E-state index in [1.54, 1.807) is 26.4 Å². The maximum atomic E-state index is 10.2. The first-order valence-corrected chi connectivity index (χ1v) is 9.17. The molecule has 1 heterocycles. The number of methoxy groups -OCH3 is 4. The molecule has 2 atom stereocenters. The van der Waals surface area contributed by atoms with E-state index in [1.807, 2.05) is 24.3 Å². The Bertz CT molecular complexity index is 866. The molecule has 0 aliphatic carbocycles. The number of hydrogen-bond acceptors (Lipinski definition) is 7. The van der Waals surface area contributed by atoms with Crippen LogP contribution >= 0.6 is 0 Å². The minimum Gasteiger partial charge on any atom is -0.502 e. The average molecular weight is 402 g/mol. The third-order valence-corrected chi connectivity index (χ3v) is 4.94. The molecule has 2 aromatic carbocycles. The fraction of sp³-hybridized carbons (Fsp3) is 0.364. The highest BCUT2D eigenvalue weighted by molar-refractivity contribution is 5.63. The van der Waals surface area contributed by atoms with Crippen molar-refractivity contribution in [2.45, 2.75) is 12.0 Å². The van der Waals surface area contributed by atoms with Gasteiger partial charge in [-0.15, -0.1) is 0 Å². The van der Waals surface area contributed by atoms with Gasteiger partial charge in [0.15, 0.2) is 23.0 Å². The molecule has 0 radical (unpaired) electrons. The Hall–Kier alpha value is -2.90. The highest BCUT2D eigenvalue weighted by Crippen LogP contribution is 2.52. The van der Waals surface area contributed by atoms with E-state index in [0.29, 0.717) is 23.7 Å². The van der Waals surface area contributed by atoms with Crippen LogP contribution in [0.4, 0.5) is 0 Å².